The Hall–Kier alpha value is -1.93. The fourth-order valence-electron chi connectivity index (χ4n) is 2.01. The molecule has 0 aliphatic carbocycles. The summed E-state index contributed by atoms with van der Waals surface area (Å²) in [5.74, 6) is 0.606. The molecule has 3 aromatic rings. The van der Waals surface area contributed by atoms with Crippen molar-refractivity contribution in [2.75, 3.05) is 12.0 Å². The molecule has 6 nitrogen and oxygen atoms in total. The van der Waals surface area contributed by atoms with Crippen molar-refractivity contribution >= 4 is 37.4 Å². The van der Waals surface area contributed by atoms with Gasteiger partial charge in [-0.25, -0.2) is 13.4 Å². The SMILES string of the molecule is Cc1nsc(N)c1-c1nc2ccc(S(C)(=O)=O)cc2[nH]1. The van der Waals surface area contributed by atoms with E-state index in [4.69, 9.17) is 5.73 Å². The molecule has 0 aliphatic rings. The van der Waals surface area contributed by atoms with Gasteiger partial charge in [-0.2, -0.15) is 4.37 Å². The van der Waals surface area contributed by atoms with Crippen molar-refractivity contribution in [3.8, 4) is 11.4 Å². The van der Waals surface area contributed by atoms with E-state index < -0.39 is 9.84 Å². The first-order valence-corrected chi connectivity index (χ1v) is 8.44. The zero-order valence-corrected chi connectivity index (χ0v) is 12.5. The molecule has 0 spiro atoms. The quantitative estimate of drug-likeness (QED) is 0.753. The number of hydrogen-bond acceptors (Lipinski definition) is 6. The molecule has 0 saturated carbocycles. The zero-order valence-electron chi connectivity index (χ0n) is 10.8. The van der Waals surface area contributed by atoms with Crippen molar-refractivity contribution in [3.05, 3.63) is 23.9 Å². The van der Waals surface area contributed by atoms with Gasteiger partial charge in [-0.1, -0.05) is 0 Å². The summed E-state index contributed by atoms with van der Waals surface area (Å²) in [7, 11) is -3.24. The lowest BCUT2D eigenvalue weighted by Gasteiger charge is -1.96. The van der Waals surface area contributed by atoms with E-state index in [9.17, 15) is 8.42 Å². The van der Waals surface area contributed by atoms with Gasteiger partial charge in [-0.05, 0) is 36.7 Å². The number of benzene rings is 1. The second-order valence-corrected chi connectivity index (χ2v) is 7.36. The minimum absolute atomic E-state index is 0.258. The number of sulfone groups is 1. The molecule has 1 aromatic carbocycles. The molecule has 0 amide bonds. The first-order valence-electron chi connectivity index (χ1n) is 5.78. The predicted molar refractivity (Wildman–Crippen MR) is 79.5 cm³/mol. The van der Waals surface area contributed by atoms with Crippen LogP contribution in [0, 0.1) is 6.92 Å². The molecular weight excluding hydrogens is 296 g/mol. The van der Waals surface area contributed by atoms with Crippen LogP contribution in [0.4, 0.5) is 5.00 Å². The van der Waals surface area contributed by atoms with Crippen LogP contribution >= 0.6 is 11.5 Å². The highest BCUT2D eigenvalue weighted by Gasteiger charge is 2.15. The molecule has 0 unspecified atom stereocenters. The molecule has 20 heavy (non-hydrogen) atoms. The summed E-state index contributed by atoms with van der Waals surface area (Å²) in [4.78, 5) is 7.80. The van der Waals surface area contributed by atoms with Crippen LogP contribution in [-0.4, -0.2) is 29.0 Å². The Morgan fingerprint density at radius 3 is 2.70 bits per heavy atom. The highest BCUT2D eigenvalue weighted by molar-refractivity contribution is 7.90. The van der Waals surface area contributed by atoms with Gasteiger partial charge in [0, 0.05) is 6.26 Å². The standard InChI is InChI=1S/C12H12N4O2S2/c1-6-10(11(13)19-16-6)12-14-8-4-3-7(20(2,17)18)5-9(8)15-12/h3-5H,13H2,1-2H3,(H,14,15). The highest BCUT2D eigenvalue weighted by Crippen LogP contribution is 2.31. The summed E-state index contributed by atoms with van der Waals surface area (Å²) in [5.41, 5.74) is 8.82. The van der Waals surface area contributed by atoms with Crippen LogP contribution in [0.1, 0.15) is 5.69 Å². The van der Waals surface area contributed by atoms with Gasteiger partial charge >= 0.3 is 0 Å². The largest absolute Gasteiger partial charge is 0.389 e. The highest BCUT2D eigenvalue weighted by atomic mass is 32.2. The molecule has 0 bridgehead atoms. The van der Waals surface area contributed by atoms with Crippen molar-refractivity contribution in [2.45, 2.75) is 11.8 Å². The van der Waals surface area contributed by atoms with E-state index in [1.54, 1.807) is 18.2 Å². The fraction of sp³-hybridized carbons (Fsp3) is 0.167. The third-order valence-electron chi connectivity index (χ3n) is 3.01. The number of nitrogens with two attached hydrogens (primary N) is 1. The predicted octanol–water partition coefficient (Wildman–Crippen LogP) is 1.98. The van der Waals surface area contributed by atoms with Crippen LogP contribution in [-0.2, 0) is 9.84 Å². The van der Waals surface area contributed by atoms with E-state index in [-0.39, 0.29) is 4.90 Å². The van der Waals surface area contributed by atoms with Gasteiger partial charge in [0.2, 0.25) is 0 Å². The maximum Gasteiger partial charge on any atom is 0.175 e. The average molecular weight is 308 g/mol. The Bertz CT molecular complexity index is 889. The van der Waals surface area contributed by atoms with Crippen LogP contribution in [0.2, 0.25) is 0 Å². The van der Waals surface area contributed by atoms with Crippen LogP contribution in [0.25, 0.3) is 22.4 Å². The molecule has 8 heteroatoms. The third kappa shape index (κ3) is 2.06. The zero-order chi connectivity index (χ0) is 14.5. The second-order valence-electron chi connectivity index (χ2n) is 4.54. The van der Waals surface area contributed by atoms with Crippen LogP contribution in [0.5, 0.6) is 0 Å². The number of imidazole rings is 1. The molecule has 104 valence electrons. The van der Waals surface area contributed by atoms with E-state index >= 15 is 0 Å². The van der Waals surface area contributed by atoms with Gasteiger partial charge in [0.15, 0.2) is 9.84 Å². The van der Waals surface area contributed by atoms with Crippen molar-refractivity contribution in [3.63, 3.8) is 0 Å². The summed E-state index contributed by atoms with van der Waals surface area (Å²) in [6.45, 7) is 1.86. The number of H-pyrrole nitrogens is 1. The number of anilines is 1. The van der Waals surface area contributed by atoms with E-state index in [1.807, 2.05) is 6.92 Å². The number of fused-ring (bicyclic) bond motifs is 1. The normalized spacial score (nSPS) is 12.1. The number of aryl methyl sites for hydroxylation is 1. The van der Waals surface area contributed by atoms with Crippen molar-refractivity contribution in [2.24, 2.45) is 0 Å². The summed E-state index contributed by atoms with van der Waals surface area (Å²) in [6, 6.07) is 4.80. The van der Waals surface area contributed by atoms with Crippen LogP contribution in [0.15, 0.2) is 23.1 Å². The lowest BCUT2D eigenvalue weighted by Crippen LogP contribution is -1.96. The van der Waals surface area contributed by atoms with Gasteiger partial charge in [0.1, 0.15) is 10.8 Å². The average Bonchev–Trinajstić information content (AvgIpc) is 2.90. The Kier molecular flexibility index (Phi) is 2.80. The molecule has 2 heterocycles. The number of nitrogens with one attached hydrogen (secondary N) is 1. The molecule has 0 saturated heterocycles. The van der Waals surface area contributed by atoms with Crippen LogP contribution < -0.4 is 5.73 Å². The molecule has 2 aromatic heterocycles. The minimum atomic E-state index is -3.24. The topological polar surface area (TPSA) is 102 Å². The Labute approximate surface area is 119 Å². The number of nitrogens with zero attached hydrogens (tertiary/aromatic N) is 2. The van der Waals surface area contributed by atoms with Gasteiger partial charge in [0.25, 0.3) is 0 Å². The molecule has 0 radical (unpaired) electrons. The maximum absolute atomic E-state index is 11.6. The summed E-state index contributed by atoms with van der Waals surface area (Å²) in [5, 5.41) is 0.588. The lowest BCUT2D eigenvalue weighted by atomic mass is 10.2. The molecule has 0 aliphatic heterocycles. The monoisotopic (exact) mass is 308 g/mol. The number of aromatic amines is 1. The smallest absolute Gasteiger partial charge is 0.175 e. The maximum atomic E-state index is 11.6. The first kappa shape index (κ1) is 13.1. The second kappa shape index (κ2) is 4.29. The number of aromatic nitrogens is 3. The third-order valence-corrected chi connectivity index (χ3v) is 4.88. The molecule has 0 atom stereocenters. The Morgan fingerprint density at radius 1 is 1.35 bits per heavy atom. The summed E-state index contributed by atoms with van der Waals surface area (Å²) >= 11 is 1.22. The van der Waals surface area contributed by atoms with Gasteiger partial charge < -0.3 is 10.7 Å². The molecule has 3 rings (SSSR count). The van der Waals surface area contributed by atoms with Gasteiger partial charge in [-0.3, -0.25) is 0 Å². The number of nitrogen functional groups attached to an aromatic ring is 1. The van der Waals surface area contributed by atoms with Crippen molar-refractivity contribution in [1.82, 2.24) is 14.3 Å². The minimum Gasteiger partial charge on any atom is -0.389 e. The molecule has 3 N–H and O–H groups in total. The summed E-state index contributed by atoms with van der Waals surface area (Å²) in [6.07, 6.45) is 1.18. The van der Waals surface area contributed by atoms with E-state index in [0.29, 0.717) is 21.9 Å². The Balaban J connectivity index is 2.22. The van der Waals surface area contributed by atoms with E-state index in [0.717, 1.165) is 11.3 Å². The van der Waals surface area contributed by atoms with Gasteiger partial charge in [0.05, 0.1) is 27.2 Å². The number of hydrogen-bond donors (Lipinski definition) is 2. The van der Waals surface area contributed by atoms with E-state index in [1.165, 1.54) is 17.8 Å². The Morgan fingerprint density at radius 2 is 2.10 bits per heavy atom. The molecular formula is C12H12N4O2S2. The summed E-state index contributed by atoms with van der Waals surface area (Å²) < 4.78 is 27.3. The molecule has 0 fully saturated rings. The number of rotatable bonds is 2. The van der Waals surface area contributed by atoms with Crippen LogP contribution in [0.3, 0.4) is 0 Å². The van der Waals surface area contributed by atoms with E-state index in [2.05, 4.69) is 14.3 Å². The van der Waals surface area contributed by atoms with Crippen molar-refractivity contribution < 1.29 is 8.42 Å². The van der Waals surface area contributed by atoms with Crippen molar-refractivity contribution in [1.29, 1.82) is 0 Å². The fourth-order valence-corrected chi connectivity index (χ4v) is 3.32. The lowest BCUT2D eigenvalue weighted by molar-refractivity contribution is 0.602. The van der Waals surface area contributed by atoms with Gasteiger partial charge in [-0.15, -0.1) is 0 Å². The first-order chi connectivity index (χ1) is 9.36.